The van der Waals surface area contributed by atoms with E-state index < -0.39 is 0 Å². The number of rotatable bonds is 3. The Bertz CT molecular complexity index is 827. The van der Waals surface area contributed by atoms with Crippen LogP contribution in [0.5, 0.6) is 0 Å². The third-order valence-corrected chi connectivity index (χ3v) is 4.84. The van der Waals surface area contributed by atoms with Gasteiger partial charge in [0, 0.05) is 18.4 Å². The van der Waals surface area contributed by atoms with Crippen LogP contribution in [0.2, 0.25) is 0 Å². The van der Waals surface area contributed by atoms with E-state index in [1.54, 1.807) is 6.20 Å². The van der Waals surface area contributed by atoms with E-state index in [2.05, 4.69) is 21.0 Å². The molecule has 2 aromatic heterocycles. The first-order chi connectivity index (χ1) is 11.3. The van der Waals surface area contributed by atoms with Gasteiger partial charge in [0.25, 0.3) is 0 Å². The summed E-state index contributed by atoms with van der Waals surface area (Å²) in [7, 11) is 0. The number of benzene rings is 1. The fourth-order valence-corrected chi connectivity index (χ4v) is 3.64. The van der Waals surface area contributed by atoms with Crippen molar-refractivity contribution in [1.82, 2.24) is 15.0 Å². The summed E-state index contributed by atoms with van der Waals surface area (Å²) in [6, 6.07) is 12.0. The summed E-state index contributed by atoms with van der Waals surface area (Å²) in [4.78, 5) is 26.3. The lowest BCUT2D eigenvalue weighted by atomic mass is 10.0. The second-order valence-electron chi connectivity index (χ2n) is 5.48. The summed E-state index contributed by atoms with van der Waals surface area (Å²) in [5.41, 5.74) is 3.89. The highest BCUT2D eigenvalue weighted by atomic mass is 32.2. The van der Waals surface area contributed by atoms with Crippen LogP contribution in [0.3, 0.4) is 0 Å². The Balaban J connectivity index is 1.48. The first-order valence-corrected chi connectivity index (χ1v) is 8.61. The maximum atomic E-state index is 12.6. The standard InChI is InChI=1S/C17H16N4OS/c22-15(21-10-4-6-12-5-1-2-8-14(12)21)11-23-17-19-13-7-3-9-18-16(13)20-17/h1-3,5,7-9H,4,6,10-11H2,(H,18,19,20). The lowest BCUT2D eigenvalue weighted by Crippen LogP contribution is -2.36. The van der Waals surface area contributed by atoms with Gasteiger partial charge in [0.15, 0.2) is 10.8 Å². The quantitative estimate of drug-likeness (QED) is 0.752. The molecule has 1 amide bonds. The molecule has 0 saturated heterocycles. The number of carbonyl (C=O) groups is 1. The maximum Gasteiger partial charge on any atom is 0.237 e. The van der Waals surface area contributed by atoms with Gasteiger partial charge in [-0.1, -0.05) is 30.0 Å². The maximum absolute atomic E-state index is 12.6. The van der Waals surface area contributed by atoms with Crippen LogP contribution >= 0.6 is 11.8 Å². The van der Waals surface area contributed by atoms with E-state index in [9.17, 15) is 4.79 Å². The molecular formula is C17H16N4OS. The van der Waals surface area contributed by atoms with Crippen LogP contribution in [0.4, 0.5) is 5.69 Å². The van der Waals surface area contributed by atoms with Gasteiger partial charge in [0.05, 0.1) is 11.3 Å². The Morgan fingerprint density at radius 3 is 3.09 bits per heavy atom. The number of nitrogens with one attached hydrogen (secondary N) is 1. The van der Waals surface area contributed by atoms with Crippen LogP contribution < -0.4 is 4.90 Å². The molecule has 1 aliphatic heterocycles. The number of hydrogen-bond acceptors (Lipinski definition) is 4. The normalized spacial score (nSPS) is 14.0. The molecule has 0 atom stereocenters. The first kappa shape index (κ1) is 14.3. The zero-order valence-corrected chi connectivity index (χ0v) is 13.3. The minimum atomic E-state index is 0.121. The Morgan fingerprint density at radius 2 is 2.17 bits per heavy atom. The summed E-state index contributed by atoms with van der Waals surface area (Å²) < 4.78 is 0. The minimum absolute atomic E-state index is 0.121. The molecule has 3 aromatic rings. The molecule has 0 bridgehead atoms. The Hall–Kier alpha value is -2.34. The number of anilines is 1. The second kappa shape index (κ2) is 6.04. The number of aromatic nitrogens is 3. The minimum Gasteiger partial charge on any atom is -0.332 e. The number of para-hydroxylation sites is 1. The number of aryl methyl sites for hydroxylation is 1. The predicted molar refractivity (Wildman–Crippen MR) is 91.7 cm³/mol. The number of nitrogens with zero attached hydrogens (tertiary/aromatic N) is 3. The van der Waals surface area contributed by atoms with Gasteiger partial charge in [-0.15, -0.1) is 0 Å². The molecule has 1 aliphatic rings. The van der Waals surface area contributed by atoms with E-state index in [0.717, 1.165) is 35.7 Å². The predicted octanol–water partition coefficient (Wildman–Crippen LogP) is 3.03. The average molecular weight is 324 g/mol. The fraction of sp³-hybridized carbons (Fsp3) is 0.235. The van der Waals surface area contributed by atoms with Gasteiger partial charge in [-0.05, 0) is 36.6 Å². The van der Waals surface area contributed by atoms with E-state index in [-0.39, 0.29) is 5.91 Å². The zero-order valence-electron chi connectivity index (χ0n) is 12.5. The Kier molecular flexibility index (Phi) is 3.75. The van der Waals surface area contributed by atoms with Crippen LogP contribution in [0, 0.1) is 0 Å². The molecule has 1 N–H and O–H groups in total. The van der Waals surface area contributed by atoms with Crippen LogP contribution in [0.1, 0.15) is 12.0 Å². The highest BCUT2D eigenvalue weighted by Crippen LogP contribution is 2.28. The molecule has 116 valence electrons. The van der Waals surface area contributed by atoms with Gasteiger partial charge in [0.1, 0.15) is 0 Å². The number of aromatic amines is 1. The topological polar surface area (TPSA) is 61.9 Å². The molecule has 0 aliphatic carbocycles. The number of carbonyl (C=O) groups excluding carboxylic acids is 1. The van der Waals surface area contributed by atoms with E-state index in [1.807, 2.05) is 35.2 Å². The van der Waals surface area contributed by atoms with Crippen molar-refractivity contribution in [2.75, 3.05) is 17.2 Å². The van der Waals surface area contributed by atoms with Crippen molar-refractivity contribution in [2.45, 2.75) is 18.0 Å². The molecule has 1 aromatic carbocycles. The summed E-state index contributed by atoms with van der Waals surface area (Å²) in [5.74, 6) is 0.490. The average Bonchev–Trinajstić information content (AvgIpc) is 3.02. The summed E-state index contributed by atoms with van der Waals surface area (Å²) in [6.07, 6.45) is 3.78. The van der Waals surface area contributed by atoms with Gasteiger partial charge in [0.2, 0.25) is 5.91 Å². The van der Waals surface area contributed by atoms with Crippen molar-refractivity contribution < 1.29 is 4.79 Å². The third-order valence-electron chi connectivity index (χ3n) is 3.98. The highest BCUT2D eigenvalue weighted by Gasteiger charge is 2.22. The van der Waals surface area contributed by atoms with E-state index >= 15 is 0 Å². The van der Waals surface area contributed by atoms with E-state index in [1.165, 1.54) is 17.3 Å². The van der Waals surface area contributed by atoms with Gasteiger partial charge in [-0.3, -0.25) is 4.79 Å². The van der Waals surface area contributed by atoms with Gasteiger partial charge in [-0.2, -0.15) is 0 Å². The first-order valence-electron chi connectivity index (χ1n) is 7.63. The number of pyridine rings is 1. The summed E-state index contributed by atoms with van der Waals surface area (Å²) >= 11 is 1.42. The fourth-order valence-electron chi connectivity index (χ4n) is 2.89. The molecule has 0 spiro atoms. The molecule has 23 heavy (non-hydrogen) atoms. The third kappa shape index (κ3) is 2.82. The molecule has 5 nitrogen and oxygen atoms in total. The molecule has 0 saturated carbocycles. The smallest absolute Gasteiger partial charge is 0.237 e. The molecule has 3 heterocycles. The lowest BCUT2D eigenvalue weighted by molar-refractivity contribution is -0.116. The molecule has 4 rings (SSSR count). The molecule has 0 radical (unpaired) electrons. The SMILES string of the molecule is O=C(CSc1nc2ncccc2[nH]1)N1CCCc2ccccc21. The Labute approximate surface area is 138 Å². The molecular weight excluding hydrogens is 308 g/mol. The number of imidazole rings is 1. The van der Waals surface area contributed by atoms with Crippen molar-refractivity contribution in [1.29, 1.82) is 0 Å². The summed E-state index contributed by atoms with van der Waals surface area (Å²) in [6.45, 7) is 0.790. The van der Waals surface area contributed by atoms with Crippen molar-refractivity contribution in [3.05, 3.63) is 48.2 Å². The second-order valence-corrected chi connectivity index (χ2v) is 6.45. The van der Waals surface area contributed by atoms with Crippen LogP contribution in [-0.2, 0) is 11.2 Å². The zero-order chi connectivity index (χ0) is 15.6. The van der Waals surface area contributed by atoms with Gasteiger partial charge >= 0.3 is 0 Å². The van der Waals surface area contributed by atoms with Crippen molar-refractivity contribution in [3.8, 4) is 0 Å². The van der Waals surface area contributed by atoms with Gasteiger partial charge in [-0.25, -0.2) is 9.97 Å². The number of hydrogen-bond donors (Lipinski definition) is 1. The molecule has 0 fully saturated rings. The van der Waals surface area contributed by atoms with Crippen LogP contribution in [0.25, 0.3) is 11.2 Å². The molecule has 6 heteroatoms. The van der Waals surface area contributed by atoms with Gasteiger partial charge < -0.3 is 9.88 Å². The van der Waals surface area contributed by atoms with Crippen molar-refractivity contribution in [3.63, 3.8) is 0 Å². The number of fused-ring (bicyclic) bond motifs is 2. The van der Waals surface area contributed by atoms with E-state index in [0.29, 0.717) is 11.4 Å². The number of thioether (sulfide) groups is 1. The number of H-pyrrole nitrogens is 1. The lowest BCUT2D eigenvalue weighted by Gasteiger charge is -2.29. The monoisotopic (exact) mass is 324 g/mol. The van der Waals surface area contributed by atoms with Crippen molar-refractivity contribution >= 4 is 34.5 Å². The van der Waals surface area contributed by atoms with E-state index in [4.69, 9.17) is 0 Å². The summed E-state index contributed by atoms with van der Waals surface area (Å²) in [5, 5.41) is 0.734. The van der Waals surface area contributed by atoms with Crippen LogP contribution in [0.15, 0.2) is 47.8 Å². The van der Waals surface area contributed by atoms with Crippen molar-refractivity contribution in [2.24, 2.45) is 0 Å². The van der Waals surface area contributed by atoms with Crippen LogP contribution in [-0.4, -0.2) is 33.2 Å². The highest BCUT2D eigenvalue weighted by molar-refractivity contribution is 7.99. The Morgan fingerprint density at radius 1 is 1.26 bits per heavy atom. The number of amides is 1. The molecule has 0 unspecified atom stereocenters. The largest absolute Gasteiger partial charge is 0.332 e.